The molecule has 1 amide bonds. The minimum absolute atomic E-state index is 0.00501. The fourth-order valence-corrected chi connectivity index (χ4v) is 5.06. The summed E-state index contributed by atoms with van der Waals surface area (Å²) < 4.78 is 0. The number of aromatic amines is 1. The Morgan fingerprint density at radius 2 is 1.81 bits per heavy atom. The lowest BCUT2D eigenvalue weighted by Gasteiger charge is -2.35. The Balaban J connectivity index is 1.18. The van der Waals surface area contributed by atoms with Crippen molar-refractivity contribution >= 4 is 39.0 Å². The Morgan fingerprint density at radius 3 is 2.62 bits per heavy atom. The summed E-state index contributed by atoms with van der Waals surface area (Å²) in [5.74, 6) is -0.00501. The lowest BCUT2D eigenvalue weighted by molar-refractivity contribution is -0.117. The lowest BCUT2D eigenvalue weighted by Crippen LogP contribution is -2.48. The molecule has 7 heteroatoms. The molecule has 0 saturated carbocycles. The third kappa shape index (κ3) is 3.13. The topological polar surface area (TPSA) is 81.3 Å². The van der Waals surface area contributed by atoms with Crippen molar-refractivity contribution in [1.29, 1.82) is 0 Å². The van der Waals surface area contributed by atoms with Crippen LogP contribution >= 0.6 is 0 Å². The van der Waals surface area contributed by atoms with Gasteiger partial charge in [-0.25, -0.2) is 0 Å². The molecule has 2 N–H and O–H groups in total. The van der Waals surface area contributed by atoms with Crippen LogP contribution < -0.4 is 15.8 Å². The normalized spacial score (nSPS) is 15.7. The van der Waals surface area contributed by atoms with Crippen molar-refractivity contribution in [2.24, 2.45) is 0 Å². The number of nitrogens with zero attached hydrogens (tertiary/aromatic N) is 3. The molecule has 32 heavy (non-hydrogen) atoms. The smallest absolute Gasteiger partial charge is 0.256 e. The molecule has 0 unspecified atom stereocenters. The molecule has 0 spiro atoms. The van der Waals surface area contributed by atoms with Gasteiger partial charge in [-0.3, -0.25) is 19.5 Å². The molecule has 2 aromatic heterocycles. The van der Waals surface area contributed by atoms with Gasteiger partial charge in [-0.1, -0.05) is 12.1 Å². The first-order valence-corrected chi connectivity index (χ1v) is 10.9. The van der Waals surface area contributed by atoms with Gasteiger partial charge in [0, 0.05) is 78.0 Å². The van der Waals surface area contributed by atoms with Gasteiger partial charge >= 0.3 is 0 Å². The summed E-state index contributed by atoms with van der Waals surface area (Å²) in [6.45, 7) is 3.83. The molecule has 4 aromatic rings. The molecule has 1 aliphatic carbocycles. The predicted octanol–water partition coefficient (Wildman–Crippen LogP) is 2.74. The van der Waals surface area contributed by atoms with E-state index in [0.717, 1.165) is 65.7 Å². The first-order valence-electron chi connectivity index (χ1n) is 10.9. The average molecular weight is 425 g/mol. The van der Waals surface area contributed by atoms with Crippen LogP contribution in [0.5, 0.6) is 0 Å². The minimum Gasteiger partial charge on any atom is -0.369 e. The third-order valence-corrected chi connectivity index (χ3v) is 6.62. The van der Waals surface area contributed by atoms with E-state index in [1.807, 2.05) is 48.8 Å². The maximum Gasteiger partial charge on any atom is 0.256 e. The molecule has 160 valence electrons. The van der Waals surface area contributed by atoms with Crippen molar-refractivity contribution in [3.63, 3.8) is 0 Å². The zero-order valence-corrected chi connectivity index (χ0v) is 17.6. The molecule has 0 atom stereocenters. The van der Waals surface area contributed by atoms with Gasteiger partial charge in [0.25, 0.3) is 5.56 Å². The highest BCUT2D eigenvalue weighted by molar-refractivity contribution is 6.14. The predicted molar refractivity (Wildman–Crippen MR) is 126 cm³/mol. The number of carbonyl (C=O) groups excluding carboxylic acids is 1. The third-order valence-electron chi connectivity index (χ3n) is 6.62. The minimum atomic E-state index is -0.0649. The van der Waals surface area contributed by atoms with Gasteiger partial charge in [-0.2, -0.15) is 0 Å². The highest BCUT2D eigenvalue weighted by Gasteiger charge is 2.24. The average Bonchev–Trinajstić information content (AvgIpc) is 3.22. The van der Waals surface area contributed by atoms with Crippen molar-refractivity contribution < 1.29 is 4.79 Å². The monoisotopic (exact) mass is 425 g/mol. The zero-order chi connectivity index (χ0) is 21.7. The largest absolute Gasteiger partial charge is 0.369 e. The second-order valence-corrected chi connectivity index (χ2v) is 8.50. The van der Waals surface area contributed by atoms with E-state index in [2.05, 4.69) is 31.2 Å². The number of amides is 1. The van der Waals surface area contributed by atoms with Crippen molar-refractivity contribution in [2.75, 3.05) is 42.9 Å². The summed E-state index contributed by atoms with van der Waals surface area (Å²) in [6.07, 6.45) is 4.34. The first kappa shape index (κ1) is 19.0. The van der Waals surface area contributed by atoms with E-state index < -0.39 is 0 Å². The van der Waals surface area contributed by atoms with E-state index in [9.17, 15) is 9.59 Å². The summed E-state index contributed by atoms with van der Waals surface area (Å²) in [5.41, 5.74) is 5.00. The van der Waals surface area contributed by atoms with Crippen LogP contribution in [0.3, 0.4) is 0 Å². The lowest BCUT2D eigenvalue weighted by atomic mass is 10.1. The van der Waals surface area contributed by atoms with Gasteiger partial charge in [-0.15, -0.1) is 0 Å². The highest BCUT2D eigenvalue weighted by Crippen LogP contribution is 2.39. The summed E-state index contributed by atoms with van der Waals surface area (Å²) in [7, 11) is 0. The molecule has 1 saturated heterocycles. The van der Waals surface area contributed by atoms with E-state index in [-0.39, 0.29) is 11.5 Å². The fraction of sp³-hybridized carbons (Fsp3) is 0.240. The van der Waals surface area contributed by atoms with Crippen LogP contribution in [0.4, 0.5) is 11.4 Å². The number of pyridine rings is 2. The summed E-state index contributed by atoms with van der Waals surface area (Å²) in [5, 5.41) is 5.92. The maximum atomic E-state index is 12.9. The van der Waals surface area contributed by atoms with E-state index in [0.29, 0.717) is 11.9 Å². The fourth-order valence-electron chi connectivity index (χ4n) is 5.06. The Hall–Kier alpha value is -3.71. The Kier molecular flexibility index (Phi) is 4.43. The number of piperazine rings is 1. The number of aromatic nitrogens is 2. The van der Waals surface area contributed by atoms with Gasteiger partial charge in [0.2, 0.25) is 5.91 Å². The molecule has 1 fully saturated rings. The molecule has 2 aliphatic rings. The molecular weight excluding hydrogens is 402 g/mol. The molecule has 6 rings (SSSR count). The standard InChI is InChI=1S/C25H23N5O2/c31-22(15-29-10-12-30(13-11-29)17-6-8-26-9-7-17)27-20-4-5-21-24-19(20)14-16-2-1-3-18(23(16)24)25(32)28-21/h1-9H,10-15H2,(H,27,31)(H,28,32). The van der Waals surface area contributed by atoms with E-state index >= 15 is 0 Å². The van der Waals surface area contributed by atoms with Crippen LogP contribution in [-0.2, 0) is 11.2 Å². The van der Waals surface area contributed by atoms with E-state index in [4.69, 9.17) is 0 Å². The maximum absolute atomic E-state index is 12.9. The van der Waals surface area contributed by atoms with Crippen molar-refractivity contribution in [3.05, 3.63) is 76.3 Å². The highest BCUT2D eigenvalue weighted by atomic mass is 16.2. The van der Waals surface area contributed by atoms with Gasteiger partial charge in [0.1, 0.15) is 0 Å². The van der Waals surface area contributed by atoms with Crippen LogP contribution in [0.25, 0.3) is 21.7 Å². The number of nitrogens with one attached hydrogen (secondary N) is 2. The van der Waals surface area contributed by atoms with Crippen molar-refractivity contribution in [1.82, 2.24) is 14.9 Å². The summed E-state index contributed by atoms with van der Waals surface area (Å²) in [6, 6.07) is 13.7. The van der Waals surface area contributed by atoms with Gasteiger partial charge in [-0.05, 0) is 41.5 Å². The van der Waals surface area contributed by atoms with Crippen molar-refractivity contribution in [2.45, 2.75) is 6.42 Å². The number of rotatable bonds is 4. The van der Waals surface area contributed by atoms with Gasteiger partial charge in [0.15, 0.2) is 0 Å². The number of hydrogen-bond donors (Lipinski definition) is 2. The number of anilines is 2. The van der Waals surface area contributed by atoms with E-state index in [1.165, 1.54) is 5.69 Å². The molecular formula is C25H23N5O2. The first-order chi connectivity index (χ1) is 15.7. The number of H-pyrrole nitrogens is 1. The second-order valence-electron chi connectivity index (χ2n) is 8.50. The SMILES string of the molecule is O=C(CN1CCN(c2ccncc2)CC1)Nc1ccc2[nH]c(=O)c3cccc4c3c2c1C4. The van der Waals surface area contributed by atoms with Crippen LogP contribution in [0, 0.1) is 0 Å². The Bertz CT molecular complexity index is 1410. The van der Waals surface area contributed by atoms with Crippen LogP contribution in [0.2, 0.25) is 0 Å². The van der Waals surface area contributed by atoms with Crippen molar-refractivity contribution in [3.8, 4) is 0 Å². The van der Waals surface area contributed by atoms with Crippen LogP contribution in [0.1, 0.15) is 11.1 Å². The quantitative estimate of drug-likeness (QED) is 0.433. The van der Waals surface area contributed by atoms with Gasteiger partial charge < -0.3 is 15.2 Å². The molecule has 0 bridgehead atoms. The molecule has 2 aromatic carbocycles. The molecule has 0 radical (unpaired) electrons. The Morgan fingerprint density at radius 1 is 1.00 bits per heavy atom. The summed E-state index contributed by atoms with van der Waals surface area (Å²) >= 11 is 0. The zero-order valence-electron chi connectivity index (χ0n) is 17.6. The Labute approximate surface area is 184 Å². The van der Waals surface area contributed by atoms with Crippen LogP contribution in [-0.4, -0.2) is 53.5 Å². The second kappa shape index (κ2) is 7.46. The number of benzene rings is 2. The summed E-state index contributed by atoms with van der Waals surface area (Å²) in [4.78, 5) is 36.9. The molecule has 3 heterocycles. The van der Waals surface area contributed by atoms with E-state index in [1.54, 1.807) is 0 Å². The van der Waals surface area contributed by atoms with Crippen LogP contribution in [0.15, 0.2) is 59.7 Å². The molecule has 1 aliphatic heterocycles. The molecule has 7 nitrogen and oxygen atoms in total. The van der Waals surface area contributed by atoms with Gasteiger partial charge in [0.05, 0.1) is 6.54 Å². The number of hydrogen-bond acceptors (Lipinski definition) is 5. The number of carbonyl (C=O) groups is 1.